The van der Waals surface area contributed by atoms with E-state index in [1.807, 2.05) is 24.3 Å². The first kappa shape index (κ1) is 14.7. The minimum absolute atomic E-state index is 0.407. The van der Waals surface area contributed by atoms with Gasteiger partial charge in [0.1, 0.15) is 11.9 Å². The van der Waals surface area contributed by atoms with E-state index in [-0.39, 0.29) is 0 Å². The third-order valence-electron chi connectivity index (χ3n) is 2.77. The SMILES string of the molecule is COc1cc(Cl)c(C(O)c2ccccc2Br)cc1Cl. The molecule has 100 valence electrons. The Balaban J connectivity index is 2.48. The topological polar surface area (TPSA) is 29.5 Å². The summed E-state index contributed by atoms with van der Waals surface area (Å²) in [6.07, 6.45) is -0.855. The Morgan fingerprint density at radius 1 is 1.11 bits per heavy atom. The van der Waals surface area contributed by atoms with Gasteiger partial charge >= 0.3 is 0 Å². The van der Waals surface area contributed by atoms with Gasteiger partial charge in [0.05, 0.1) is 17.2 Å². The summed E-state index contributed by atoms with van der Waals surface area (Å²) in [6, 6.07) is 10.6. The first-order valence-electron chi connectivity index (χ1n) is 5.50. The molecule has 0 aliphatic heterocycles. The van der Waals surface area contributed by atoms with Gasteiger partial charge in [-0.05, 0) is 17.7 Å². The van der Waals surface area contributed by atoms with Crippen LogP contribution in [0, 0.1) is 0 Å². The van der Waals surface area contributed by atoms with Crippen LogP contribution in [0.5, 0.6) is 5.75 Å². The summed E-state index contributed by atoms with van der Waals surface area (Å²) in [6.45, 7) is 0. The van der Waals surface area contributed by atoms with Gasteiger partial charge in [-0.2, -0.15) is 0 Å². The van der Waals surface area contributed by atoms with Gasteiger partial charge < -0.3 is 9.84 Å². The van der Waals surface area contributed by atoms with Gasteiger partial charge in [0.15, 0.2) is 0 Å². The molecule has 0 aliphatic carbocycles. The molecule has 0 spiro atoms. The van der Waals surface area contributed by atoms with Crippen molar-refractivity contribution in [3.8, 4) is 5.75 Å². The first-order valence-corrected chi connectivity index (χ1v) is 7.05. The molecule has 2 nitrogen and oxygen atoms in total. The lowest BCUT2D eigenvalue weighted by Crippen LogP contribution is -2.02. The van der Waals surface area contributed by atoms with Gasteiger partial charge in [-0.3, -0.25) is 0 Å². The van der Waals surface area contributed by atoms with Crippen LogP contribution < -0.4 is 4.74 Å². The summed E-state index contributed by atoms with van der Waals surface area (Å²) in [4.78, 5) is 0. The van der Waals surface area contributed by atoms with E-state index in [0.717, 1.165) is 10.0 Å². The van der Waals surface area contributed by atoms with E-state index in [1.54, 1.807) is 12.1 Å². The molecular formula is C14H11BrCl2O2. The quantitative estimate of drug-likeness (QED) is 0.846. The van der Waals surface area contributed by atoms with Gasteiger partial charge in [0.2, 0.25) is 0 Å². The summed E-state index contributed by atoms with van der Waals surface area (Å²) in [5.41, 5.74) is 1.27. The van der Waals surface area contributed by atoms with Gasteiger partial charge in [0.25, 0.3) is 0 Å². The summed E-state index contributed by atoms with van der Waals surface area (Å²) in [5, 5.41) is 11.2. The Morgan fingerprint density at radius 3 is 2.42 bits per heavy atom. The second kappa shape index (κ2) is 6.14. The average molecular weight is 362 g/mol. The molecule has 0 fully saturated rings. The molecule has 0 aliphatic rings. The smallest absolute Gasteiger partial charge is 0.138 e. The molecule has 1 unspecified atom stereocenters. The van der Waals surface area contributed by atoms with Crippen LogP contribution in [0.2, 0.25) is 10.0 Å². The fourth-order valence-electron chi connectivity index (χ4n) is 1.77. The maximum atomic E-state index is 10.4. The van der Waals surface area contributed by atoms with E-state index in [4.69, 9.17) is 27.9 Å². The van der Waals surface area contributed by atoms with Crippen LogP contribution in [0.1, 0.15) is 17.2 Å². The third-order valence-corrected chi connectivity index (χ3v) is 4.11. The molecule has 0 aromatic heterocycles. The highest BCUT2D eigenvalue weighted by Crippen LogP contribution is 2.37. The second-order valence-corrected chi connectivity index (χ2v) is 5.60. The molecule has 0 amide bonds. The number of rotatable bonds is 3. The molecule has 0 heterocycles. The van der Waals surface area contributed by atoms with Crippen LogP contribution in [0.3, 0.4) is 0 Å². The third kappa shape index (κ3) is 3.06. The maximum Gasteiger partial charge on any atom is 0.138 e. The molecule has 19 heavy (non-hydrogen) atoms. The summed E-state index contributed by atoms with van der Waals surface area (Å²) >= 11 is 15.6. The van der Waals surface area contributed by atoms with Gasteiger partial charge in [-0.1, -0.05) is 57.3 Å². The van der Waals surface area contributed by atoms with Crippen LogP contribution in [-0.4, -0.2) is 12.2 Å². The van der Waals surface area contributed by atoms with Crippen molar-refractivity contribution >= 4 is 39.1 Å². The molecule has 0 bridgehead atoms. The fourth-order valence-corrected chi connectivity index (χ4v) is 2.78. The lowest BCUT2D eigenvalue weighted by Gasteiger charge is -2.16. The number of ether oxygens (including phenoxy) is 1. The van der Waals surface area contributed by atoms with Crippen molar-refractivity contribution in [1.82, 2.24) is 0 Å². The average Bonchev–Trinajstić information content (AvgIpc) is 2.40. The zero-order valence-corrected chi connectivity index (χ0v) is 13.1. The number of hydrogen-bond acceptors (Lipinski definition) is 2. The van der Waals surface area contributed by atoms with Crippen molar-refractivity contribution in [3.63, 3.8) is 0 Å². The standard InChI is InChI=1S/C14H11BrCl2O2/c1-19-13-7-11(16)9(6-12(13)17)14(18)8-4-2-3-5-10(8)15/h2-7,14,18H,1H3. The first-order chi connectivity index (χ1) is 9.04. The lowest BCUT2D eigenvalue weighted by molar-refractivity contribution is 0.219. The van der Waals surface area contributed by atoms with E-state index >= 15 is 0 Å². The van der Waals surface area contributed by atoms with Crippen molar-refractivity contribution in [2.45, 2.75) is 6.10 Å². The Kier molecular flexibility index (Phi) is 4.74. The Morgan fingerprint density at radius 2 is 1.79 bits per heavy atom. The largest absolute Gasteiger partial charge is 0.495 e. The van der Waals surface area contributed by atoms with Gasteiger partial charge in [-0.15, -0.1) is 0 Å². The number of aliphatic hydroxyl groups is 1. The van der Waals surface area contributed by atoms with E-state index in [1.165, 1.54) is 7.11 Å². The second-order valence-electron chi connectivity index (χ2n) is 3.93. The minimum Gasteiger partial charge on any atom is -0.495 e. The Bertz CT molecular complexity index is 602. The number of methoxy groups -OCH3 is 1. The van der Waals surface area contributed by atoms with Crippen LogP contribution in [0.4, 0.5) is 0 Å². The summed E-state index contributed by atoms with van der Waals surface area (Å²) in [7, 11) is 1.52. The molecule has 0 radical (unpaired) electrons. The van der Waals surface area contributed by atoms with E-state index in [0.29, 0.717) is 21.4 Å². The van der Waals surface area contributed by atoms with Crippen molar-refractivity contribution in [2.24, 2.45) is 0 Å². The molecule has 2 rings (SSSR count). The molecule has 5 heteroatoms. The number of benzene rings is 2. The summed E-state index contributed by atoms with van der Waals surface area (Å²) < 4.78 is 5.89. The molecule has 0 saturated heterocycles. The van der Waals surface area contributed by atoms with Gasteiger partial charge in [0, 0.05) is 16.1 Å². The van der Waals surface area contributed by atoms with Gasteiger partial charge in [-0.25, -0.2) is 0 Å². The van der Waals surface area contributed by atoms with Crippen molar-refractivity contribution in [1.29, 1.82) is 0 Å². The maximum absolute atomic E-state index is 10.4. The fraction of sp³-hybridized carbons (Fsp3) is 0.143. The number of aliphatic hydroxyl groups excluding tert-OH is 1. The Labute approximate surface area is 130 Å². The highest BCUT2D eigenvalue weighted by molar-refractivity contribution is 9.10. The molecular weight excluding hydrogens is 351 g/mol. The minimum atomic E-state index is -0.855. The van der Waals surface area contributed by atoms with Crippen LogP contribution in [0.15, 0.2) is 40.9 Å². The molecule has 1 atom stereocenters. The van der Waals surface area contributed by atoms with E-state index in [2.05, 4.69) is 15.9 Å². The molecule has 1 N–H and O–H groups in total. The van der Waals surface area contributed by atoms with Crippen LogP contribution >= 0.6 is 39.1 Å². The van der Waals surface area contributed by atoms with Crippen molar-refractivity contribution < 1.29 is 9.84 Å². The lowest BCUT2D eigenvalue weighted by atomic mass is 10.0. The predicted molar refractivity (Wildman–Crippen MR) is 81.2 cm³/mol. The van der Waals surface area contributed by atoms with E-state index in [9.17, 15) is 5.11 Å². The van der Waals surface area contributed by atoms with Crippen molar-refractivity contribution in [3.05, 3.63) is 62.0 Å². The normalized spacial score (nSPS) is 12.3. The zero-order valence-electron chi connectivity index (χ0n) is 10.0. The highest BCUT2D eigenvalue weighted by Gasteiger charge is 2.18. The summed E-state index contributed by atoms with van der Waals surface area (Å²) in [5.74, 6) is 0.481. The molecule has 2 aromatic carbocycles. The monoisotopic (exact) mass is 360 g/mol. The van der Waals surface area contributed by atoms with E-state index < -0.39 is 6.10 Å². The molecule has 2 aromatic rings. The predicted octanol–water partition coefficient (Wildman–Crippen LogP) is 4.85. The highest BCUT2D eigenvalue weighted by atomic mass is 79.9. The number of hydrogen-bond donors (Lipinski definition) is 1. The number of halogens is 3. The molecule has 0 saturated carbocycles. The van der Waals surface area contributed by atoms with Crippen molar-refractivity contribution in [2.75, 3.05) is 7.11 Å². The van der Waals surface area contributed by atoms with Crippen LogP contribution in [-0.2, 0) is 0 Å². The Hall–Kier alpha value is -0.740. The van der Waals surface area contributed by atoms with Crippen LogP contribution in [0.25, 0.3) is 0 Å². The zero-order chi connectivity index (χ0) is 14.0.